The van der Waals surface area contributed by atoms with Gasteiger partial charge in [-0.3, -0.25) is 4.79 Å². The topological polar surface area (TPSA) is 37.3 Å². The maximum Gasteiger partial charge on any atom is 0.303 e. The van der Waals surface area contributed by atoms with Gasteiger partial charge in [0.1, 0.15) is 0 Å². The van der Waals surface area contributed by atoms with Crippen LogP contribution in [0, 0.1) is 0 Å². The molecule has 2 heteroatoms. The van der Waals surface area contributed by atoms with Gasteiger partial charge in [-0.25, -0.2) is 0 Å². The highest BCUT2D eigenvalue weighted by Crippen LogP contribution is 2.09. The second kappa shape index (κ2) is 19.0. The lowest BCUT2D eigenvalue weighted by Crippen LogP contribution is -1.92. The summed E-state index contributed by atoms with van der Waals surface area (Å²) in [5.41, 5.74) is 0. The molecule has 0 radical (unpaired) electrons. The van der Waals surface area contributed by atoms with Crippen molar-refractivity contribution in [3.05, 3.63) is 24.3 Å². The van der Waals surface area contributed by atoms with Gasteiger partial charge >= 0.3 is 5.97 Å². The molecule has 0 aliphatic heterocycles. The summed E-state index contributed by atoms with van der Waals surface area (Å²) in [4.78, 5) is 10.3. The van der Waals surface area contributed by atoms with Crippen molar-refractivity contribution in [2.45, 2.75) is 103 Å². The Morgan fingerprint density at radius 3 is 1.48 bits per heavy atom. The molecule has 134 valence electrons. The predicted octanol–water partition coefficient (Wildman–Crippen LogP) is 7.05. The number of aliphatic carboxylic acids is 1. The van der Waals surface area contributed by atoms with Gasteiger partial charge in [-0.05, 0) is 51.4 Å². The van der Waals surface area contributed by atoms with Crippen molar-refractivity contribution in [2.24, 2.45) is 0 Å². The van der Waals surface area contributed by atoms with Crippen LogP contribution < -0.4 is 0 Å². The molecule has 0 saturated heterocycles. The molecule has 0 atom stereocenters. The first-order chi connectivity index (χ1) is 11.3. The van der Waals surface area contributed by atoms with Crippen LogP contribution in [0.4, 0.5) is 0 Å². The normalized spacial score (nSPS) is 11.7. The van der Waals surface area contributed by atoms with Crippen molar-refractivity contribution in [1.82, 2.24) is 0 Å². The maximum atomic E-state index is 10.3. The van der Waals surface area contributed by atoms with E-state index < -0.39 is 5.97 Å². The summed E-state index contributed by atoms with van der Waals surface area (Å²) >= 11 is 0. The largest absolute Gasteiger partial charge is 0.481 e. The van der Waals surface area contributed by atoms with Crippen LogP contribution in [-0.4, -0.2) is 11.1 Å². The lowest BCUT2D eigenvalue weighted by Gasteiger charge is -1.98. The number of allylic oxidation sites excluding steroid dienone is 4. The van der Waals surface area contributed by atoms with E-state index in [0.29, 0.717) is 0 Å². The first kappa shape index (κ1) is 21.9. The van der Waals surface area contributed by atoms with Gasteiger partial charge in [0.25, 0.3) is 0 Å². The molecule has 23 heavy (non-hydrogen) atoms. The minimum atomic E-state index is -0.690. The third-order valence-electron chi connectivity index (χ3n) is 4.06. The van der Waals surface area contributed by atoms with Gasteiger partial charge in [-0.15, -0.1) is 0 Å². The molecule has 0 aliphatic rings. The molecule has 0 fully saturated rings. The lowest BCUT2D eigenvalue weighted by atomic mass is 10.1. The van der Waals surface area contributed by atoms with Crippen LogP contribution >= 0.6 is 0 Å². The van der Waals surface area contributed by atoms with E-state index in [2.05, 4.69) is 31.2 Å². The Bertz CT molecular complexity index is 305. The third-order valence-corrected chi connectivity index (χ3v) is 4.06. The van der Waals surface area contributed by atoms with Gasteiger partial charge < -0.3 is 5.11 Å². The van der Waals surface area contributed by atoms with Crippen LogP contribution in [0.2, 0.25) is 0 Å². The van der Waals surface area contributed by atoms with Gasteiger partial charge in [0.05, 0.1) is 0 Å². The minimum Gasteiger partial charge on any atom is -0.481 e. The molecule has 0 aromatic rings. The SMILES string of the molecule is CCCCCC/C=C\CCCCCCC/C=C\CCCC(=O)O. The predicted molar refractivity (Wildman–Crippen MR) is 101 cm³/mol. The van der Waals surface area contributed by atoms with Crippen molar-refractivity contribution < 1.29 is 9.90 Å². The zero-order chi connectivity index (χ0) is 17.0. The molecule has 0 saturated carbocycles. The van der Waals surface area contributed by atoms with Crippen molar-refractivity contribution in [3.8, 4) is 0 Å². The van der Waals surface area contributed by atoms with E-state index in [0.717, 1.165) is 19.3 Å². The summed E-state index contributed by atoms with van der Waals surface area (Å²) in [5, 5.41) is 8.52. The fourth-order valence-corrected chi connectivity index (χ4v) is 2.59. The maximum absolute atomic E-state index is 10.3. The third kappa shape index (κ3) is 21.0. The average molecular weight is 323 g/mol. The first-order valence-corrected chi connectivity index (χ1v) is 9.79. The number of unbranched alkanes of at least 4 members (excludes halogenated alkanes) is 11. The molecule has 0 unspecified atom stereocenters. The van der Waals surface area contributed by atoms with Gasteiger partial charge in [0, 0.05) is 6.42 Å². The minimum absolute atomic E-state index is 0.289. The van der Waals surface area contributed by atoms with Crippen molar-refractivity contribution in [3.63, 3.8) is 0 Å². The molecule has 0 amide bonds. The van der Waals surface area contributed by atoms with Crippen LogP contribution in [0.1, 0.15) is 103 Å². The highest BCUT2D eigenvalue weighted by Gasteiger charge is 1.93. The van der Waals surface area contributed by atoms with Crippen molar-refractivity contribution in [1.29, 1.82) is 0 Å². The van der Waals surface area contributed by atoms with E-state index in [4.69, 9.17) is 5.11 Å². The summed E-state index contributed by atoms with van der Waals surface area (Å²) < 4.78 is 0. The van der Waals surface area contributed by atoms with E-state index in [1.807, 2.05) is 0 Å². The highest BCUT2D eigenvalue weighted by molar-refractivity contribution is 5.66. The van der Waals surface area contributed by atoms with Crippen LogP contribution in [-0.2, 0) is 4.79 Å². The number of hydrogen-bond donors (Lipinski definition) is 1. The Morgan fingerprint density at radius 1 is 0.652 bits per heavy atom. The van der Waals surface area contributed by atoms with Gasteiger partial charge in [0.15, 0.2) is 0 Å². The van der Waals surface area contributed by atoms with E-state index in [1.165, 1.54) is 70.6 Å². The van der Waals surface area contributed by atoms with Crippen molar-refractivity contribution >= 4 is 5.97 Å². The Kier molecular flexibility index (Phi) is 18.1. The zero-order valence-electron chi connectivity index (χ0n) is 15.3. The van der Waals surface area contributed by atoms with E-state index in [9.17, 15) is 4.79 Å². The second-order valence-electron chi connectivity index (χ2n) is 6.42. The second-order valence-corrected chi connectivity index (χ2v) is 6.42. The molecule has 0 spiro atoms. The van der Waals surface area contributed by atoms with Crippen molar-refractivity contribution in [2.75, 3.05) is 0 Å². The fourth-order valence-electron chi connectivity index (χ4n) is 2.59. The molecule has 2 nitrogen and oxygen atoms in total. The molecule has 0 bridgehead atoms. The quantitative estimate of drug-likeness (QED) is 0.230. The Hall–Kier alpha value is -1.05. The molecular weight excluding hydrogens is 284 g/mol. The molecule has 0 heterocycles. The molecule has 0 aliphatic carbocycles. The monoisotopic (exact) mass is 322 g/mol. The zero-order valence-corrected chi connectivity index (χ0v) is 15.3. The van der Waals surface area contributed by atoms with Crippen LogP contribution in [0.3, 0.4) is 0 Å². The van der Waals surface area contributed by atoms with E-state index in [-0.39, 0.29) is 6.42 Å². The molecular formula is C21H38O2. The number of carboxylic acid groups (broad SMARTS) is 1. The number of carbonyl (C=O) groups is 1. The van der Waals surface area contributed by atoms with Gasteiger partial charge in [-0.2, -0.15) is 0 Å². The van der Waals surface area contributed by atoms with E-state index >= 15 is 0 Å². The lowest BCUT2D eigenvalue weighted by molar-refractivity contribution is -0.137. The highest BCUT2D eigenvalue weighted by atomic mass is 16.4. The van der Waals surface area contributed by atoms with Gasteiger partial charge in [-0.1, -0.05) is 69.8 Å². The summed E-state index contributed by atoms with van der Waals surface area (Å²) in [6, 6.07) is 0. The number of carboxylic acids is 1. The number of hydrogen-bond acceptors (Lipinski definition) is 1. The fraction of sp³-hybridized carbons (Fsp3) is 0.762. The van der Waals surface area contributed by atoms with Crippen LogP contribution in [0.15, 0.2) is 24.3 Å². The van der Waals surface area contributed by atoms with Gasteiger partial charge in [0.2, 0.25) is 0 Å². The first-order valence-electron chi connectivity index (χ1n) is 9.79. The van der Waals surface area contributed by atoms with E-state index in [1.54, 1.807) is 0 Å². The summed E-state index contributed by atoms with van der Waals surface area (Å²) in [6.07, 6.45) is 26.7. The molecule has 1 N–H and O–H groups in total. The molecule has 0 aromatic heterocycles. The summed E-state index contributed by atoms with van der Waals surface area (Å²) in [7, 11) is 0. The Morgan fingerprint density at radius 2 is 1.04 bits per heavy atom. The summed E-state index contributed by atoms with van der Waals surface area (Å²) in [6.45, 7) is 2.26. The smallest absolute Gasteiger partial charge is 0.303 e. The summed E-state index contributed by atoms with van der Waals surface area (Å²) in [5.74, 6) is -0.690. The number of rotatable bonds is 17. The van der Waals surface area contributed by atoms with Crippen LogP contribution in [0.5, 0.6) is 0 Å². The average Bonchev–Trinajstić information content (AvgIpc) is 2.53. The molecule has 0 aromatic carbocycles. The van der Waals surface area contributed by atoms with Crippen LogP contribution in [0.25, 0.3) is 0 Å². The standard InChI is InChI=1S/C21H38O2/c1-2-3-4-5-6-7-8-9-10-11-12-13-14-15-16-17-18-19-20-21(22)23/h7-8,16-17H,2-6,9-15,18-20H2,1H3,(H,22,23)/b8-7-,17-16-. The Labute approximate surface area is 144 Å². The molecule has 0 rings (SSSR count). The Balaban J connectivity index is 3.14.